The van der Waals surface area contributed by atoms with Gasteiger partial charge in [0.05, 0.1) is 12.7 Å². The summed E-state index contributed by atoms with van der Waals surface area (Å²) in [6.07, 6.45) is 1.03. The van der Waals surface area contributed by atoms with Crippen LogP contribution in [0.3, 0.4) is 0 Å². The highest BCUT2D eigenvalue weighted by molar-refractivity contribution is 7.99. The first kappa shape index (κ1) is 22.9. The number of methoxy groups -OCH3 is 1. The lowest BCUT2D eigenvalue weighted by Crippen LogP contribution is -2.29. The van der Waals surface area contributed by atoms with E-state index in [1.54, 1.807) is 16.4 Å². The number of nitrogens with one attached hydrogen (secondary N) is 1. The number of esters is 1. The number of rotatable bonds is 8. The second-order valence-corrected chi connectivity index (χ2v) is 8.98. The number of anilines is 1. The number of benzene rings is 2. The maximum Gasteiger partial charge on any atom is 0.338 e. The maximum absolute atomic E-state index is 12.7. The molecule has 7 nitrogen and oxygen atoms in total. The standard InChI is InChI=1S/C25H28N4O3S/c1-5-13-33-25-27-24-26-17(3)21(23(30)31-4)22(29(24)28-25)19-9-11-20(12-10-19)32-15-18-8-6-7-16(2)14-18/h6-12,14,22H,5,13,15H2,1-4H3,(H,26,27,28). The number of aryl methyl sites for hydroxylation is 1. The number of hydrogen-bond acceptors (Lipinski definition) is 7. The molecule has 3 aromatic rings. The van der Waals surface area contributed by atoms with E-state index in [2.05, 4.69) is 41.4 Å². The second-order valence-electron chi connectivity index (χ2n) is 7.92. The molecule has 1 aliphatic heterocycles. The Morgan fingerprint density at radius 2 is 1.97 bits per heavy atom. The molecule has 0 saturated heterocycles. The summed E-state index contributed by atoms with van der Waals surface area (Å²) in [5, 5.41) is 8.58. The first-order chi connectivity index (χ1) is 16.0. The number of hydrogen-bond donors (Lipinski definition) is 1. The van der Waals surface area contributed by atoms with Crippen molar-refractivity contribution < 1.29 is 14.3 Å². The van der Waals surface area contributed by atoms with Crippen molar-refractivity contribution in [2.45, 2.75) is 45.0 Å². The molecule has 4 rings (SSSR count). The van der Waals surface area contributed by atoms with Gasteiger partial charge in [0.1, 0.15) is 18.4 Å². The maximum atomic E-state index is 12.7. The molecule has 0 spiro atoms. The smallest absolute Gasteiger partial charge is 0.338 e. The molecule has 0 saturated carbocycles. The third kappa shape index (κ3) is 5.06. The summed E-state index contributed by atoms with van der Waals surface area (Å²) in [5.74, 6) is 1.90. The zero-order valence-electron chi connectivity index (χ0n) is 19.3. The van der Waals surface area contributed by atoms with Crippen LogP contribution in [0.2, 0.25) is 0 Å². The van der Waals surface area contributed by atoms with Gasteiger partial charge in [-0.1, -0.05) is 60.6 Å². The van der Waals surface area contributed by atoms with E-state index in [-0.39, 0.29) is 0 Å². The van der Waals surface area contributed by atoms with Crippen LogP contribution in [0.5, 0.6) is 5.75 Å². The number of allylic oxidation sites excluding steroid dienone is 1. The molecule has 33 heavy (non-hydrogen) atoms. The zero-order chi connectivity index (χ0) is 23.4. The van der Waals surface area contributed by atoms with Gasteiger partial charge in [-0.2, -0.15) is 4.98 Å². The molecule has 1 aliphatic rings. The molecule has 8 heteroatoms. The Morgan fingerprint density at radius 1 is 1.18 bits per heavy atom. The van der Waals surface area contributed by atoms with E-state index in [9.17, 15) is 4.79 Å². The van der Waals surface area contributed by atoms with Crippen LogP contribution in [0, 0.1) is 6.92 Å². The van der Waals surface area contributed by atoms with Crippen molar-refractivity contribution in [2.75, 3.05) is 18.2 Å². The summed E-state index contributed by atoms with van der Waals surface area (Å²) in [4.78, 5) is 17.3. The van der Waals surface area contributed by atoms with E-state index in [4.69, 9.17) is 9.47 Å². The zero-order valence-corrected chi connectivity index (χ0v) is 20.1. The highest BCUT2D eigenvalue weighted by Gasteiger charge is 2.35. The fourth-order valence-electron chi connectivity index (χ4n) is 3.78. The van der Waals surface area contributed by atoms with Gasteiger partial charge in [-0.3, -0.25) is 0 Å². The predicted octanol–water partition coefficient (Wildman–Crippen LogP) is 5.13. The fraction of sp³-hybridized carbons (Fsp3) is 0.320. The van der Waals surface area contributed by atoms with Gasteiger partial charge in [-0.25, -0.2) is 9.48 Å². The molecule has 0 radical (unpaired) electrons. The number of thioether (sulfide) groups is 1. The van der Waals surface area contributed by atoms with Gasteiger partial charge in [0.15, 0.2) is 0 Å². The molecule has 1 atom stereocenters. The van der Waals surface area contributed by atoms with Crippen molar-refractivity contribution in [3.8, 4) is 5.75 Å². The van der Waals surface area contributed by atoms with Crippen LogP contribution in [-0.2, 0) is 16.1 Å². The van der Waals surface area contributed by atoms with E-state index in [0.29, 0.717) is 29.0 Å². The highest BCUT2D eigenvalue weighted by Crippen LogP contribution is 2.37. The molecule has 0 fully saturated rings. The monoisotopic (exact) mass is 464 g/mol. The third-order valence-corrected chi connectivity index (χ3v) is 6.40. The Labute approximate surface area is 198 Å². The average molecular weight is 465 g/mol. The van der Waals surface area contributed by atoms with E-state index >= 15 is 0 Å². The highest BCUT2D eigenvalue weighted by atomic mass is 32.2. The van der Waals surface area contributed by atoms with Crippen molar-refractivity contribution >= 4 is 23.7 Å². The van der Waals surface area contributed by atoms with Gasteiger partial charge in [0.25, 0.3) is 0 Å². The van der Waals surface area contributed by atoms with E-state index < -0.39 is 12.0 Å². The van der Waals surface area contributed by atoms with Gasteiger partial charge in [0.2, 0.25) is 11.1 Å². The normalized spacial score (nSPS) is 15.1. The molecule has 2 heterocycles. The minimum absolute atomic E-state index is 0.395. The van der Waals surface area contributed by atoms with Crippen LogP contribution >= 0.6 is 11.8 Å². The number of fused-ring (bicyclic) bond motifs is 1. The summed E-state index contributed by atoms with van der Waals surface area (Å²) < 4.78 is 12.8. The number of carbonyl (C=O) groups is 1. The largest absolute Gasteiger partial charge is 0.489 e. The van der Waals surface area contributed by atoms with Crippen molar-refractivity contribution in [3.63, 3.8) is 0 Å². The lowest BCUT2D eigenvalue weighted by Gasteiger charge is -2.27. The number of carbonyl (C=O) groups excluding carboxylic acids is 1. The molecule has 1 aromatic heterocycles. The van der Waals surface area contributed by atoms with Gasteiger partial charge in [-0.05, 0) is 43.5 Å². The van der Waals surface area contributed by atoms with Crippen LogP contribution in [0.4, 0.5) is 5.95 Å². The number of ether oxygens (including phenoxy) is 2. The van der Waals surface area contributed by atoms with Crippen LogP contribution in [0.15, 0.2) is 65.0 Å². The first-order valence-electron chi connectivity index (χ1n) is 10.9. The molecular weight excluding hydrogens is 436 g/mol. The summed E-state index contributed by atoms with van der Waals surface area (Å²) in [5.41, 5.74) is 4.44. The topological polar surface area (TPSA) is 78.3 Å². The van der Waals surface area contributed by atoms with E-state index in [0.717, 1.165) is 29.1 Å². The molecule has 1 N–H and O–H groups in total. The van der Waals surface area contributed by atoms with Crippen molar-refractivity contribution in [3.05, 3.63) is 76.5 Å². The Morgan fingerprint density at radius 3 is 2.67 bits per heavy atom. The van der Waals surface area contributed by atoms with Crippen LogP contribution in [0.1, 0.15) is 43.0 Å². The lowest BCUT2D eigenvalue weighted by molar-refractivity contribution is -0.136. The van der Waals surface area contributed by atoms with Gasteiger partial charge in [0, 0.05) is 11.4 Å². The van der Waals surface area contributed by atoms with Gasteiger partial charge in [-0.15, -0.1) is 5.10 Å². The summed E-state index contributed by atoms with van der Waals surface area (Å²) >= 11 is 1.60. The Balaban J connectivity index is 1.62. The molecular formula is C25H28N4O3S. The van der Waals surface area contributed by atoms with Crippen LogP contribution in [-0.4, -0.2) is 33.6 Å². The Hall–Kier alpha value is -3.26. The molecule has 1 unspecified atom stereocenters. The molecule has 0 amide bonds. The van der Waals surface area contributed by atoms with E-state index in [1.165, 1.54) is 12.7 Å². The second kappa shape index (κ2) is 10.1. The number of aromatic nitrogens is 3. The Bertz CT molecular complexity index is 1170. The SMILES string of the molecule is CCCSc1nc2n(n1)C(c1ccc(OCc3cccc(C)c3)cc1)C(C(=O)OC)=C(C)N2. The molecule has 0 bridgehead atoms. The van der Waals surface area contributed by atoms with Crippen molar-refractivity contribution in [1.82, 2.24) is 14.8 Å². The molecule has 172 valence electrons. The summed E-state index contributed by atoms with van der Waals surface area (Å²) in [7, 11) is 1.39. The Kier molecular flexibility index (Phi) is 7.03. The van der Waals surface area contributed by atoms with Gasteiger partial charge >= 0.3 is 5.97 Å². The fourth-order valence-corrected chi connectivity index (χ4v) is 4.47. The minimum atomic E-state index is -0.442. The summed E-state index contributed by atoms with van der Waals surface area (Å²) in [6.45, 7) is 6.53. The predicted molar refractivity (Wildman–Crippen MR) is 129 cm³/mol. The average Bonchev–Trinajstić information content (AvgIpc) is 3.22. The van der Waals surface area contributed by atoms with Crippen molar-refractivity contribution in [2.24, 2.45) is 0 Å². The van der Waals surface area contributed by atoms with Crippen LogP contribution < -0.4 is 10.1 Å². The minimum Gasteiger partial charge on any atom is -0.489 e. The van der Waals surface area contributed by atoms with E-state index in [1.807, 2.05) is 43.3 Å². The summed E-state index contributed by atoms with van der Waals surface area (Å²) in [6, 6.07) is 15.6. The molecule has 2 aromatic carbocycles. The molecule has 0 aliphatic carbocycles. The van der Waals surface area contributed by atoms with Crippen molar-refractivity contribution in [1.29, 1.82) is 0 Å². The number of nitrogens with zero attached hydrogens (tertiary/aromatic N) is 3. The quantitative estimate of drug-likeness (QED) is 0.366. The third-order valence-electron chi connectivity index (χ3n) is 5.36. The first-order valence-corrected chi connectivity index (χ1v) is 11.9. The van der Waals surface area contributed by atoms with Gasteiger partial charge < -0.3 is 14.8 Å². The van der Waals surface area contributed by atoms with Crippen LogP contribution in [0.25, 0.3) is 0 Å². The lowest BCUT2D eigenvalue weighted by atomic mass is 9.96.